The van der Waals surface area contributed by atoms with Gasteiger partial charge < -0.3 is 14.4 Å². The Morgan fingerprint density at radius 2 is 1.48 bits per heavy atom. The van der Waals surface area contributed by atoms with E-state index in [1.165, 1.54) is 0 Å². The molecule has 0 amide bonds. The van der Waals surface area contributed by atoms with Crippen LogP contribution < -0.4 is 9.64 Å². The van der Waals surface area contributed by atoms with Crippen LogP contribution in [0.15, 0.2) is 78.2 Å². The van der Waals surface area contributed by atoms with E-state index < -0.39 is 0 Å². The lowest BCUT2D eigenvalue weighted by Gasteiger charge is -2.31. The van der Waals surface area contributed by atoms with E-state index in [2.05, 4.69) is 35.3 Å². The van der Waals surface area contributed by atoms with Crippen LogP contribution in [0, 0.1) is 0 Å². The van der Waals surface area contributed by atoms with Crippen molar-refractivity contribution >= 4 is 11.4 Å². The smallest absolute Gasteiger partial charge is 0.142 e. The van der Waals surface area contributed by atoms with E-state index in [1.807, 2.05) is 36.4 Å². The van der Waals surface area contributed by atoms with Crippen molar-refractivity contribution in [2.45, 2.75) is 12.8 Å². The zero-order chi connectivity index (χ0) is 16.1. The molecule has 0 aromatic heterocycles. The van der Waals surface area contributed by atoms with Gasteiger partial charge in [0, 0.05) is 5.69 Å². The molecule has 0 aliphatic heterocycles. The predicted octanol–water partition coefficient (Wildman–Crippen LogP) is 5.04. The van der Waals surface area contributed by atoms with Crippen LogP contribution in [-0.4, -0.2) is 14.2 Å². The van der Waals surface area contributed by atoms with Gasteiger partial charge in [0.05, 0.1) is 25.6 Å². The van der Waals surface area contributed by atoms with Crippen LogP contribution in [0.5, 0.6) is 5.75 Å². The minimum absolute atomic E-state index is 0.832. The molecule has 0 saturated heterocycles. The summed E-state index contributed by atoms with van der Waals surface area (Å²) in [5.41, 5.74) is 3.12. The molecule has 0 fully saturated rings. The standard InChI is InChI=1S/C20H21NO2/c1-22-19-14-8-6-12-17(19)21(16-10-4-3-5-11-16)18-13-7-9-15-20(18)23-2/h3-6,8,10-15H,7,9H2,1-2H3. The molecule has 3 rings (SSSR count). The summed E-state index contributed by atoms with van der Waals surface area (Å²) < 4.78 is 11.2. The van der Waals surface area contributed by atoms with Crippen molar-refractivity contribution < 1.29 is 9.47 Å². The van der Waals surface area contributed by atoms with Crippen molar-refractivity contribution in [2.75, 3.05) is 19.1 Å². The fraction of sp³-hybridized carbons (Fsp3) is 0.200. The molecule has 2 aromatic carbocycles. The highest BCUT2D eigenvalue weighted by molar-refractivity contribution is 5.75. The first kappa shape index (κ1) is 15.2. The quantitative estimate of drug-likeness (QED) is 0.772. The number of allylic oxidation sites excluding steroid dienone is 2. The van der Waals surface area contributed by atoms with Crippen molar-refractivity contribution in [3.63, 3.8) is 0 Å². The van der Waals surface area contributed by atoms with Crippen LogP contribution in [0.4, 0.5) is 11.4 Å². The zero-order valence-corrected chi connectivity index (χ0v) is 13.5. The molecule has 0 N–H and O–H groups in total. The van der Waals surface area contributed by atoms with Crippen molar-refractivity contribution in [1.29, 1.82) is 0 Å². The summed E-state index contributed by atoms with van der Waals surface area (Å²) >= 11 is 0. The Morgan fingerprint density at radius 3 is 2.22 bits per heavy atom. The minimum atomic E-state index is 0.832. The maximum Gasteiger partial charge on any atom is 0.142 e. The van der Waals surface area contributed by atoms with E-state index in [4.69, 9.17) is 9.47 Å². The molecule has 0 spiro atoms. The molecule has 1 aliphatic carbocycles. The summed E-state index contributed by atoms with van der Waals surface area (Å²) in [5.74, 6) is 1.73. The third kappa shape index (κ3) is 3.09. The Labute approximate surface area is 137 Å². The number of benzene rings is 2. The van der Waals surface area contributed by atoms with Crippen LogP contribution >= 0.6 is 0 Å². The predicted molar refractivity (Wildman–Crippen MR) is 94.0 cm³/mol. The number of rotatable bonds is 5. The topological polar surface area (TPSA) is 21.7 Å². The summed E-state index contributed by atoms with van der Waals surface area (Å²) in [6, 6.07) is 18.3. The van der Waals surface area contributed by atoms with Gasteiger partial charge >= 0.3 is 0 Å². The molecule has 118 valence electrons. The van der Waals surface area contributed by atoms with Crippen molar-refractivity contribution in [3.05, 3.63) is 78.2 Å². The maximum absolute atomic E-state index is 5.61. The number of para-hydroxylation sites is 3. The van der Waals surface area contributed by atoms with Crippen molar-refractivity contribution in [2.24, 2.45) is 0 Å². The van der Waals surface area contributed by atoms with Crippen LogP contribution in [0.1, 0.15) is 12.8 Å². The first-order chi connectivity index (χ1) is 11.3. The fourth-order valence-corrected chi connectivity index (χ4v) is 2.83. The third-order valence-corrected chi connectivity index (χ3v) is 3.89. The van der Waals surface area contributed by atoms with Gasteiger partial charge in [0.25, 0.3) is 0 Å². The SMILES string of the molecule is COC1=CCCC=C1N(c1ccccc1)c1ccccc1OC. The number of hydrogen-bond donors (Lipinski definition) is 0. The average molecular weight is 307 g/mol. The third-order valence-electron chi connectivity index (χ3n) is 3.89. The first-order valence-electron chi connectivity index (χ1n) is 7.78. The summed E-state index contributed by atoms with van der Waals surface area (Å²) in [6.07, 6.45) is 6.36. The van der Waals surface area contributed by atoms with E-state index in [1.54, 1.807) is 14.2 Å². The summed E-state index contributed by atoms with van der Waals surface area (Å²) in [4.78, 5) is 2.19. The molecule has 3 nitrogen and oxygen atoms in total. The molecule has 0 heterocycles. The van der Waals surface area contributed by atoms with E-state index >= 15 is 0 Å². The first-order valence-corrected chi connectivity index (χ1v) is 7.78. The van der Waals surface area contributed by atoms with E-state index in [0.717, 1.165) is 41.4 Å². The molecule has 23 heavy (non-hydrogen) atoms. The average Bonchev–Trinajstić information content (AvgIpc) is 2.64. The lowest BCUT2D eigenvalue weighted by atomic mass is 10.1. The Hall–Kier alpha value is -2.68. The zero-order valence-electron chi connectivity index (χ0n) is 13.5. The molecule has 2 aromatic rings. The Kier molecular flexibility index (Phi) is 4.67. The fourth-order valence-electron chi connectivity index (χ4n) is 2.83. The molecule has 3 heteroatoms. The summed E-state index contributed by atoms with van der Waals surface area (Å²) in [5, 5.41) is 0. The largest absolute Gasteiger partial charge is 0.495 e. The highest BCUT2D eigenvalue weighted by Gasteiger charge is 2.22. The maximum atomic E-state index is 5.61. The number of hydrogen-bond acceptors (Lipinski definition) is 3. The number of nitrogens with zero attached hydrogens (tertiary/aromatic N) is 1. The summed E-state index contributed by atoms with van der Waals surface area (Å²) in [7, 11) is 3.42. The van der Waals surface area contributed by atoms with Crippen LogP contribution in [0.3, 0.4) is 0 Å². The molecule has 0 bridgehead atoms. The number of anilines is 2. The van der Waals surface area contributed by atoms with Gasteiger partial charge in [-0.1, -0.05) is 36.4 Å². The molecule has 0 atom stereocenters. The van der Waals surface area contributed by atoms with E-state index in [-0.39, 0.29) is 0 Å². The Morgan fingerprint density at radius 1 is 0.783 bits per heavy atom. The molecule has 0 radical (unpaired) electrons. The lowest BCUT2D eigenvalue weighted by molar-refractivity contribution is 0.296. The molecule has 0 saturated carbocycles. The van der Waals surface area contributed by atoms with Gasteiger partial charge in [-0.25, -0.2) is 0 Å². The monoisotopic (exact) mass is 307 g/mol. The number of ether oxygens (including phenoxy) is 2. The van der Waals surface area contributed by atoms with Crippen molar-refractivity contribution in [3.8, 4) is 5.75 Å². The van der Waals surface area contributed by atoms with E-state index in [9.17, 15) is 0 Å². The molecule has 0 unspecified atom stereocenters. The second kappa shape index (κ2) is 7.05. The molecule has 1 aliphatic rings. The lowest BCUT2D eigenvalue weighted by Crippen LogP contribution is -2.20. The Bertz CT molecular complexity index is 719. The van der Waals surface area contributed by atoms with Crippen LogP contribution in [0.2, 0.25) is 0 Å². The van der Waals surface area contributed by atoms with Crippen molar-refractivity contribution in [1.82, 2.24) is 0 Å². The molecular weight excluding hydrogens is 286 g/mol. The van der Waals surface area contributed by atoms with E-state index in [0.29, 0.717) is 0 Å². The van der Waals surface area contributed by atoms with Gasteiger partial charge in [0.15, 0.2) is 0 Å². The highest BCUT2D eigenvalue weighted by atomic mass is 16.5. The van der Waals surface area contributed by atoms with Crippen LogP contribution in [-0.2, 0) is 4.74 Å². The minimum Gasteiger partial charge on any atom is -0.495 e. The Balaban J connectivity index is 2.16. The van der Waals surface area contributed by atoms with Crippen LogP contribution in [0.25, 0.3) is 0 Å². The van der Waals surface area contributed by atoms with Gasteiger partial charge in [-0.05, 0) is 43.2 Å². The second-order valence-electron chi connectivity index (χ2n) is 5.28. The number of methoxy groups -OCH3 is 2. The van der Waals surface area contributed by atoms with Gasteiger partial charge in [-0.15, -0.1) is 0 Å². The van der Waals surface area contributed by atoms with Gasteiger partial charge in [0.1, 0.15) is 11.5 Å². The van der Waals surface area contributed by atoms with Gasteiger partial charge in [0.2, 0.25) is 0 Å². The molecular formula is C20H21NO2. The van der Waals surface area contributed by atoms with Gasteiger partial charge in [-0.3, -0.25) is 0 Å². The van der Waals surface area contributed by atoms with Gasteiger partial charge in [-0.2, -0.15) is 0 Å². The highest BCUT2D eigenvalue weighted by Crippen LogP contribution is 2.39. The normalized spacial score (nSPS) is 13.8. The second-order valence-corrected chi connectivity index (χ2v) is 5.28. The summed E-state index contributed by atoms with van der Waals surface area (Å²) in [6.45, 7) is 0.